The third-order valence-electron chi connectivity index (χ3n) is 5.47. The molecule has 33 heavy (non-hydrogen) atoms. The van der Waals surface area contributed by atoms with Gasteiger partial charge in [0, 0.05) is 56.1 Å². The van der Waals surface area contributed by atoms with Crippen molar-refractivity contribution in [2.45, 2.75) is 38.6 Å². The maximum absolute atomic E-state index is 12.7. The predicted molar refractivity (Wildman–Crippen MR) is 133 cm³/mol. The lowest BCUT2D eigenvalue weighted by atomic mass is 10.0. The molecule has 2 N–H and O–H groups in total. The fourth-order valence-electron chi connectivity index (χ4n) is 3.61. The number of amides is 1. The van der Waals surface area contributed by atoms with Crippen molar-refractivity contribution in [1.82, 2.24) is 9.97 Å². The maximum Gasteiger partial charge on any atom is 0.230 e. The van der Waals surface area contributed by atoms with Crippen molar-refractivity contribution in [3.05, 3.63) is 78.9 Å². The highest BCUT2D eigenvalue weighted by Gasteiger charge is 2.34. The molecule has 0 aliphatic heterocycles. The van der Waals surface area contributed by atoms with Crippen LogP contribution in [0, 0.1) is 5.92 Å². The molecular weight excluding hydrogens is 412 g/mol. The highest BCUT2D eigenvalue weighted by Crippen LogP contribution is 2.33. The largest absolute Gasteiger partial charge is 0.383 e. The standard InChI is InChI=1S/C23H30N2O2.C4H4N2/c1-3-4-17-5-7-18(8-6-17)19-11-13-22(14-12-19)25(15-21(24)16-27-2)23(26)20-9-10-20;1-2-6-4-3-5-1/h5-8,11-14,20-21H,3-4,9-10,15-16,24H2,1-2H3;1-4H/t21-;/m1./s1. The number of carbonyl (C=O) groups excluding carboxylic acids is 1. The Labute approximate surface area is 196 Å². The molecule has 6 heteroatoms. The summed E-state index contributed by atoms with van der Waals surface area (Å²) in [6, 6.07) is 16.7. The van der Waals surface area contributed by atoms with E-state index in [2.05, 4.69) is 53.3 Å². The molecule has 1 saturated carbocycles. The number of hydrogen-bond acceptors (Lipinski definition) is 5. The fraction of sp³-hybridized carbons (Fsp3) is 0.370. The van der Waals surface area contributed by atoms with Gasteiger partial charge in [-0.3, -0.25) is 14.8 Å². The summed E-state index contributed by atoms with van der Waals surface area (Å²) in [6.07, 6.45) is 10.8. The number of methoxy groups -OCH3 is 1. The Balaban J connectivity index is 0.000000442. The van der Waals surface area contributed by atoms with Gasteiger partial charge in [0.25, 0.3) is 0 Å². The molecule has 1 amide bonds. The van der Waals surface area contributed by atoms with E-state index in [9.17, 15) is 4.79 Å². The first-order chi connectivity index (χ1) is 16.1. The Morgan fingerprint density at radius 1 is 1.00 bits per heavy atom. The molecule has 174 valence electrons. The Hall–Kier alpha value is -3.09. The molecule has 1 aliphatic carbocycles. The monoisotopic (exact) mass is 446 g/mol. The van der Waals surface area contributed by atoms with Crippen LogP contribution < -0.4 is 10.6 Å². The molecule has 0 radical (unpaired) electrons. The topological polar surface area (TPSA) is 81.3 Å². The van der Waals surface area contributed by atoms with Crippen LogP contribution in [0.3, 0.4) is 0 Å². The van der Waals surface area contributed by atoms with Gasteiger partial charge in [-0.1, -0.05) is 49.7 Å². The molecule has 0 spiro atoms. The summed E-state index contributed by atoms with van der Waals surface area (Å²) in [5.41, 5.74) is 10.7. The summed E-state index contributed by atoms with van der Waals surface area (Å²) in [5, 5.41) is 0. The lowest BCUT2D eigenvalue weighted by Crippen LogP contribution is -2.44. The molecule has 1 aromatic heterocycles. The van der Waals surface area contributed by atoms with Crippen LogP contribution in [0.1, 0.15) is 31.7 Å². The first-order valence-electron chi connectivity index (χ1n) is 11.6. The fourth-order valence-corrected chi connectivity index (χ4v) is 3.61. The van der Waals surface area contributed by atoms with Crippen LogP contribution in [0.2, 0.25) is 0 Å². The molecule has 6 nitrogen and oxygen atoms in total. The maximum atomic E-state index is 12.7. The van der Waals surface area contributed by atoms with E-state index in [4.69, 9.17) is 10.5 Å². The number of anilines is 1. The second-order valence-electron chi connectivity index (χ2n) is 8.33. The number of aryl methyl sites for hydroxylation is 1. The zero-order valence-corrected chi connectivity index (χ0v) is 19.6. The number of aromatic nitrogens is 2. The van der Waals surface area contributed by atoms with E-state index in [1.807, 2.05) is 17.0 Å². The van der Waals surface area contributed by atoms with Crippen LogP contribution in [-0.2, 0) is 16.0 Å². The van der Waals surface area contributed by atoms with Crippen LogP contribution in [0.25, 0.3) is 11.1 Å². The van der Waals surface area contributed by atoms with Gasteiger partial charge in [0.15, 0.2) is 0 Å². The van der Waals surface area contributed by atoms with E-state index in [1.54, 1.807) is 31.9 Å². The number of nitrogens with two attached hydrogens (primary N) is 1. The van der Waals surface area contributed by atoms with E-state index < -0.39 is 0 Å². The first kappa shape index (κ1) is 24.6. The summed E-state index contributed by atoms with van der Waals surface area (Å²) in [4.78, 5) is 22.0. The molecule has 0 saturated heterocycles. The van der Waals surface area contributed by atoms with Gasteiger partial charge < -0.3 is 15.4 Å². The van der Waals surface area contributed by atoms with Crippen molar-refractivity contribution in [2.24, 2.45) is 11.7 Å². The molecule has 0 unspecified atom stereocenters. The van der Waals surface area contributed by atoms with Gasteiger partial charge in [0.2, 0.25) is 5.91 Å². The van der Waals surface area contributed by atoms with Crippen LogP contribution in [0.4, 0.5) is 5.69 Å². The number of ether oxygens (including phenoxy) is 1. The van der Waals surface area contributed by atoms with Crippen molar-refractivity contribution < 1.29 is 9.53 Å². The van der Waals surface area contributed by atoms with E-state index >= 15 is 0 Å². The summed E-state index contributed by atoms with van der Waals surface area (Å²) in [7, 11) is 1.63. The van der Waals surface area contributed by atoms with Crippen molar-refractivity contribution in [3.63, 3.8) is 0 Å². The molecule has 2 aromatic carbocycles. The molecule has 3 aromatic rings. The second-order valence-corrected chi connectivity index (χ2v) is 8.33. The highest BCUT2D eigenvalue weighted by atomic mass is 16.5. The number of hydrogen-bond donors (Lipinski definition) is 1. The van der Waals surface area contributed by atoms with Crippen LogP contribution >= 0.6 is 0 Å². The first-order valence-corrected chi connectivity index (χ1v) is 11.6. The van der Waals surface area contributed by atoms with Gasteiger partial charge in [-0.05, 0) is 48.1 Å². The Kier molecular flexibility index (Phi) is 9.54. The van der Waals surface area contributed by atoms with E-state index in [1.165, 1.54) is 11.1 Å². The third kappa shape index (κ3) is 7.77. The second kappa shape index (κ2) is 12.8. The summed E-state index contributed by atoms with van der Waals surface area (Å²) >= 11 is 0. The quantitative estimate of drug-likeness (QED) is 0.523. The van der Waals surface area contributed by atoms with Gasteiger partial charge in [0.05, 0.1) is 6.61 Å². The number of nitrogens with zero attached hydrogens (tertiary/aromatic N) is 3. The minimum absolute atomic E-state index is 0.158. The van der Waals surface area contributed by atoms with Crippen molar-refractivity contribution in [2.75, 3.05) is 25.2 Å². The lowest BCUT2D eigenvalue weighted by molar-refractivity contribution is -0.119. The van der Waals surface area contributed by atoms with Gasteiger partial charge in [-0.25, -0.2) is 0 Å². The smallest absolute Gasteiger partial charge is 0.230 e. The molecule has 1 heterocycles. The third-order valence-corrected chi connectivity index (χ3v) is 5.47. The van der Waals surface area contributed by atoms with E-state index in [0.717, 1.165) is 36.9 Å². The van der Waals surface area contributed by atoms with Crippen LogP contribution in [-0.4, -0.2) is 42.2 Å². The van der Waals surface area contributed by atoms with Gasteiger partial charge in [-0.15, -0.1) is 0 Å². The van der Waals surface area contributed by atoms with Crippen molar-refractivity contribution >= 4 is 11.6 Å². The predicted octanol–water partition coefficient (Wildman–Crippen LogP) is 4.50. The SMILES string of the molecule is CCCc1ccc(-c2ccc(N(C[C@@H](N)COC)C(=O)C3CC3)cc2)cc1.c1cnccn1. The molecule has 0 bridgehead atoms. The summed E-state index contributed by atoms with van der Waals surface area (Å²) in [6.45, 7) is 3.12. The van der Waals surface area contributed by atoms with Crippen molar-refractivity contribution in [1.29, 1.82) is 0 Å². The zero-order chi connectivity index (χ0) is 23.5. The normalized spacial score (nSPS) is 13.5. The molecule has 4 rings (SSSR count). The van der Waals surface area contributed by atoms with Crippen LogP contribution in [0.15, 0.2) is 73.3 Å². The van der Waals surface area contributed by atoms with Crippen molar-refractivity contribution in [3.8, 4) is 11.1 Å². The highest BCUT2D eigenvalue weighted by molar-refractivity contribution is 5.96. The molecule has 1 aliphatic rings. The summed E-state index contributed by atoms with van der Waals surface area (Å²) in [5.74, 6) is 0.337. The number of carbonyl (C=O) groups is 1. The number of benzene rings is 2. The molecule has 1 fully saturated rings. The molecule has 1 atom stereocenters. The Morgan fingerprint density at radius 3 is 2.00 bits per heavy atom. The van der Waals surface area contributed by atoms with Gasteiger partial charge >= 0.3 is 0 Å². The average molecular weight is 447 g/mol. The van der Waals surface area contributed by atoms with E-state index in [0.29, 0.717) is 13.2 Å². The van der Waals surface area contributed by atoms with Gasteiger partial charge in [-0.2, -0.15) is 0 Å². The van der Waals surface area contributed by atoms with E-state index in [-0.39, 0.29) is 17.9 Å². The summed E-state index contributed by atoms with van der Waals surface area (Å²) < 4.78 is 5.14. The van der Waals surface area contributed by atoms with Gasteiger partial charge in [0.1, 0.15) is 0 Å². The van der Waals surface area contributed by atoms with Crippen LogP contribution in [0.5, 0.6) is 0 Å². The average Bonchev–Trinajstić information content (AvgIpc) is 3.70. The Bertz CT molecular complexity index is 931. The Morgan fingerprint density at radius 2 is 1.55 bits per heavy atom. The minimum Gasteiger partial charge on any atom is -0.383 e. The lowest BCUT2D eigenvalue weighted by Gasteiger charge is -2.26. The zero-order valence-electron chi connectivity index (χ0n) is 19.6. The minimum atomic E-state index is -0.191. The number of rotatable bonds is 9. The molecular formula is C27H34N4O2.